The molecule has 0 aromatic heterocycles. The molecule has 19 heavy (non-hydrogen) atoms. The summed E-state index contributed by atoms with van der Waals surface area (Å²) in [5.41, 5.74) is 2.84. The molecule has 98 valence electrons. The Bertz CT molecular complexity index is 564. The topological polar surface area (TPSA) is 52.8 Å². The summed E-state index contributed by atoms with van der Waals surface area (Å²) in [7, 11) is 0. The van der Waals surface area contributed by atoms with Gasteiger partial charge in [-0.1, -0.05) is 60.6 Å². The molecule has 1 atom stereocenters. The van der Waals surface area contributed by atoms with E-state index in [9.17, 15) is 10.3 Å². The molecule has 0 heterocycles. The van der Waals surface area contributed by atoms with Crippen molar-refractivity contribution in [2.24, 2.45) is 5.16 Å². The molecule has 0 aliphatic heterocycles. The van der Waals surface area contributed by atoms with E-state index in [1.54, 1.807) is 12.1 Å². The van der Waals surface area contributed by atoms with Crippen molar-refractivity contribution in [1.82, 2.24) is 0 Å². The van der Waals surface area contributed by atoms with Gasteiger partial charge >= 0.3 is 0 Å². The Morgan fingerprint density at radius 3 is 2.47 bits per heavy atom. The summed E-state index contributed by atoms with van der Waals surface area (Å²) in [4.78, 5) is 0. The van der Waals surface area contributed by atoms with E-state index in [0.29, 0.717) is 5.56 Å². The number of hydrogen-bond donors (Lipinski definition) is 2. The van der Waals surface area contributed by atoms with Crippen LogP contribution in [-0.4, -0.2) is 16.0 Å². The van der Waals surface area contributed by atoms with Crippen LogP contribution in [0.3, 0.4) is 0 Å². The van der Waals surface area contributed by atoms with E-state index in [2.05, 4.69) is 12.1 Å². The van der Waals surface area contributed by atoms with Gasteiger partial charge in [0.25, 0.3) is 0 Å². The molecule has 2 aromatic carbocycles. The summed E-state index contributed by atoms with van der Waals surface area (Å²) in [6, 6.07) is 16.8. The molecule has 2 N–H and O–H groups in total. The first kappa shape index (κ1) is 13.3. The number of aliphatic hydroxyl groups excluding tert-OH is 1. The summed E-state index contributed by atoms with van der Waals surface area (Å²) in [5, 5.41) is 22.8. The van der Waals surface area contributed by atoms with E-state index in [-0.39, 0.29) is 5.71 Å². The van der Waals surface area contributed by atoms with Crippen molar-refractivity contribution < 1.29 is 10.3 Å². The van der Waals surface area contributed by atoms with E-state index in [1.807, 2.05) is 42.5 Å². The van der Waals surface area contributed by atoms with Crippen LogP contribution in [0.5, 0.6) is 0 Å². The molecule has 0 fully saturated rings. The van der Waals surface area contributed by atoms with Gasteiger partial charge in [-0.25, -0.2) is 0 Å². The Labute approximate surface area is 112 Å². The van der Waals surface area contributed by atoms with E-state index in [1.165, 1.54) is 0 Å². The van der Waals surface area contributed by atoms with Gasteiger partial charge in [0.15, 0.2) is 0 Å². The number of hydrogen-bond acceptors (Lipinski definition) is 3. The zero-order chi connectivity index (χ0) is 13.7. The summed E-state index contributed by atoms with van der Waals surface area (Å²) in [6.45, 7) is 2.06. The highest BCUT2D eigenvalue weighted by Crippen LogP contribution is 2.20. The van der Waals surface area contributed by atoms with Crippen LogP contribution in [0.1, 0.15) is 29.7 Å². The first-order valence-electron chi connectivity index (χ1n) is 6.30. The lowest BCUT2D eigenvalue weighted by Gasteiger charge is -2.13. The third-order valence-corrected chi connectivity index (χ3v) is 3.11. The van der Waals surface area contributed by atoms with E-state index in [0.717, 1.165) is 17.5 Å². The van der Waals surface area contributed by atoms with Crippen molar-refractivity contribution >= 4 is 5.71 Å². The zero-order valence-corrected chi connectivity index (χ0v) is 10.8. The van der Waals surface area contributed by atoms with Crippen LogP contribution in [0.15, 0.2) is 59.8 Å². The van der Waals surface area contributed by atoms with Crippen LogP contribution in [0.25, 0.3) is 0 Å². The van der Waals surface area contributed by atoms with Gasteiger partial charge in [-0.05, 0) is 23.6 Å². The van der Waals surface area contributed by atoms with Gasteiger partial charge in [-0.15, -0.1) is 0 Å². The van der Waals surface area contributed by atoms with Crippen LogP contribution in [0, 0.1) is 0 Å². The van der Waals surface area contributed by atoms with Crippen LogP contribution in [0.2, 0.25) is 0 Å². The Balaban J connectivity index is 2.35. The van der Waals surface area contributed by atoms with Gasteiger partial charge in [0.1, 0.15) is 11.8 Å². The Morgan fingerprint density at radius 1 is 1.11 bits per heavy atom. The third-order valence-electron chi connectivity index (χ3n) is 3.11. The summed E-state index contributed by atoms with van der Waals surface area (Å²) >= 11 is 0. The number of oxime groups is 1. The molecular formula is C16H17NO2. The number of aliphatic hydroxyl groups is 1. The maximum absolute atomic E-state index is 10.3. The second-order valence-electron chi connectivity index (χ2n) is 4.35. The van der Waals surface area contributed by atoms with Crippen LogP contribution < -0.4 is 0 Å². The third kappa shape index (κ3) is 3.01. The van der Waals surface area contributed by atoms with E-state index in [4.69, 9.17) is 0 Å². The Kier molecular flexibility index (Phi) is 4.31. The fourth-order valence-corrected chi connectivity index (χ4v) is 2.01. The van der Waals surface area contributed by atoms with Crippen molar-refractivity contribution in [3.05, 3.63) is 71.3 Å². The Morgan fingerprint density at radius 2 is 1.84 bits per heavy atom. The molecule has 3 nitrogen and oxygen atoms in total. The Hall–Kier alpha value is -2.13. The molecular weight excluding hydrogens is 238 g/mol. The van der Waals surface area contributed by atoms with Crippen LogP contribution in [-0.2, 0) is 6.42 Å². The minimum Gasteiger partial charge on any atom is -0.411 e. The number of benzene rings is 2. The van der Waals surface area contributed by atoms with Gasteiger partial charge in [0, 0.05) is 5.56 Å². The number of rotatable bonds is 4. The highest BCUT2D eigenvalue weighted by molar-refractivity contribution is 6.03. The molecule has 0 aliphatic rings. The largest absolute Gasteiger partial charge is 0.411 e. The average Bonchev–Trinajstić information content (AvgIpc) is 2.49. The molecule has 0 spiro atoms. The number of aryl methyl sites for hydroxylation is 1. The molecule has 1 unspecified atom stereocenters. The van der Waals surface area contributed by atoms with Gasteiger partial charge in [-0.3, -0.25) is 0 Å². The molecule has 2 rings (SSSR count). The quantitative estimate of drug-likeness (QED) is 0.501. The first-order valence-corrected chi connectivity index (χ1v) is 6.30. The maximum Gasteiger partial charge on any atom is 0.125 e. The normalized spacial score (nSPS) is 13.3. The van der Waals surface area contributed by atoms with Gasteiger partial charge in [-0.2, -0.15) is 0 Å². The molecule has 0 radical (unpaired) electrons. The van der Waals surface area contributed by atoms with Gasteiger partial charge in [0.05, 0.1) is 0 Å². The SMILES string of the molecule is CCc1cccc(C(=NO)C(O)c2ccccc2)c1. The van der Waals surface area contributed by atoms with Crippen LogP contribution >= 0.6 is 0 Å². The lowest BCUT2D eigenvalue weighted by molar-refractivity contribution is 0.235. The standard InChI is InChI=1S/C16H17NO2/c1-2-12-7-6-10-14(11-12)15(17-19)16(18)13-8-4-3-5-9-13/h3-11,16,18-19H,2H2,1H3. The van der Waals surface area contributed by atoms with Gasteiger partial charge < -0.3 is 10.3 Å². The zero-order valence-electron chi connectivity index (χ0n) is 10.8. The minimum atomic E-state index is -0.932. The highest BCUT2D eigenvalue weighted by Gasteiger charge is 2.17. The first-order chi connectivity index (χ1) is 9.26. The lowest BCUT2D eigenvalue weighted by atomic mass is 9.97. The fraction of sp³-hybridized carbons (Fsp3) is 0.188. The lowest BCUT2D eigenvalue weighted by Crippen LogP contribution is -2.14. The van der Waals surface area contributed by atoms with Crippen molar-refractivity contribution in [3.8, 4) is 0 Å². The molecule has 0 saturated heterocycles. The number of nitrogens with zero attached hydrogens (tertiary/aromatic N) is 1. The molecule has 0 saturated carbocycles. The summed E-state index contributed by atoms with van der Waals surface area (Å²) in [6.07, 6.45) is -0.0353. The van der Waals surface area contributed by atoms with Crippen molar-refractivity contribution in [2.75, 3.05) is 0 Å². The van der Waals surface area contributed by atoms with E-state index < -0.39 is 6.10 Å². The predicted octanol–water partition coefficient (Wildman–Crippen LogP) is 3.16. The van der Waals surface area contributed by atoms with E-state index >= 15 is 0 Å². The molecule has 0 bridgehead atoms. The smallest absolute Gasteiger partial charge is 0.125 e. The van der Waals surface area contributed by atoms with Crippen LogP contribution in [0.4, 0.5) is 0 Å². The summed E-state index contributed by atoms with van der Waals surface area (Å²) in [5.74, 6) is 0. The highest BCUT2D eigenvalue weighted by atomic mass is 16.4. The molecule has 0 aliphatic carbocycles. The maximum atomic E-state index is 10.3. The molecule has 3 heteroatoms. The van der Waals surface area contributed by atoms with Gasteiger partial charge in [0.2, 0.25) is 0 Å². The summed E-state index contributed by atoms with van der Waals surface area (Å²) < 4.78 is 0. The van der Waals surface area contributed by atoms with Crippen molar-refractivity contribution in [2.45, 2.75) is 19.4 Å². The second kappa shape index (κ2) is 6.16. The monoisotopic (exact) mass is 255 g/mol. The minimum absolute atomic E-state index is 0.265. The van der Waals surface area contributed by atoms with Crippen molar-refractivity contribution in [3.63, 3.8) is 0 Å². The fourth-order valence-electron chi connectivity index (χ4n) is 2.01. The molecule has 2 aromatic rings. The molecule has 0 amide bonds. The average molecular weight is 255 g/mol. The predicted molar refractivity (Wildman–Crippen MR) is 75.5 cm³/mol. The second-order valence-corrected chi connectivity index (χ2v) is 4.35. The van der Waals surface area contributed by atoms with Crippen molar-refractivity contribution in [1.29, 1.82) is 0 Å².